The number of thioether (sulfide) groups is 1. The molecule has 0 fully saturated rings. The third kappa shape index (κ3) is 5.17. The molecular weight excluding hydrogens is 377 g/mol. The summed E-state index contributed by atoms with van der Waals surface area (Å²) in [7, 11) is 4.13. The van der Waals surface area contributed by atoms with Crippen LogP contribution in [0.5, 0.6) is 0 Å². The van der Waals surface area contributed by atoms with Crippen LogP contribution < -0.4 is 10.2 Å². The van der Waals surface area contributed by atoms with Gasteiger partial charge in [0.1, 0.15) is 11.9 Å². The highest BCUT2D eigenvalue weighted by molar-refractivity contribution is 7.99. The van der Waals surface area contributed by atoms with Gasteiger partial charge in [-0.2, -0.15) is 0 Å². The van der Waals surface area contributed by atoms with E-state index < -0.39 is 0 Å². The van der Waals surface area contributed by atoms with E-state index >= 15 is 0 Å². The predicted octanol–water partition coefficient (Wildman–Crippen LogP) is 1.70. The SMILES string of the molecule is C[NH+](C)[C@H](CNC(=O)CSc1n[nH]c(-c2ccccc2F)n1)c1ccccc1. The zero-order chi connectivity index (χ0) is 19.9. The Hall–Kier alpha value is -2.71. The van der Waals surface area contributed by atoms with Crippen LogP contribution in [0, 0.1) is 5.82 Å². The number of carbonyl (C=O) groups is 1. The summed E-state index contributed by atoms with van der Waals surface area (Å²) >= 11 is 1.21. The zero-order valence-corrected chi connectivity index (χ0v) is 16.6. The van der Waals surface area contributed by atoms with Crippen LogP contribution >= 0.6 is 11.8 Å². The molecule has 0 aliphatic heterocycles. The van der Waals surface area contributed by atoms with E-state index in [0.717, 1.165) is 0 Å². The maximum atomic E-state index is 13.8. The molecule has 0 aliphatic carbocycles. The van der Waals surface area contributed by atoms with Crippen LogP contribution in [-0.2, 0) is 4.79 Å². The minimum atomic E-state index is -0.369. The lowest BCUT2D eigenvalue weighted by atomic mass is 10.1. The van der Waals surface area contributed by atoms with E-state index in [1.54, 1.807) is 18.2 Å². The number of aromatic nitrogens is 3. The van der Waals surface area contributed by atoms with E-state index in [2.05, 4.69) is 46.7 Å². The van der Waals surface area contributed by atoms with Gasteiger partial charge in [-0.1, -0.05) is 54.2 Å². The van der Waals surface area contributed by atoms with Crippen molar-refractivity contribution in [2.45, 2.75) is 11.2 Å². The van der Waals surface area contributed by atoms with Crippen molar-refractivity contribution in [3.8, 4) is 11.4 Å². The third-order valence-corrected chi connectivity index (χ3v) is 5.18. The Labute approximate surface area is 167 Å². The van der Waals surface area contributed by atoms with Gasteiger partial charge in [-0.05, 0) is 12.1 Å². The molecule has 146 valence electrons. The number of halogens is 1. The first-order valence-corrected chi connectivity index (χ1v) is 9.95. The molecule has 3 aromatic rings. The second-order valence-corrected chi connectivity index (χ2v) is 7.52. The smallest absolute Gasteiger partial charge is 0.230 e. The summed E-state index contributed by atoms with van der Waals surface area (Å²) in [5, 5.41) is 10.2. The van der Waals surface area contributed by atoms with E-state index in [4.69, 9.17) is 0 Å². The topological polar surface area (TPSA) is 75.1 Å². The van der Waals surface area contributed by atoms with Gasteiger partial charge in [0.25, 0.3) is 0 Å². The predicted molar refractivity (Wildman–Crippen MR) is 108 cm³/mol. The Morgan fingerprint density at radius 1 is 1.18 bits per heavy atom. The number of nitrogens with zero attached hydrogens (tertiary/aromatic N) is 2. The Kier molecular flexibility index (Phi) is 6.78. The monoisotopic (exact) mass is 400 g/mol. The van der Waals surface area contributed by atoms with E-state index in [1.165, 1.54) is 28.3 Å². The molecule has 6 nitrogen and oxygen atoms in total. The van der Waals surface area contributed by atoms with Crippen LogP contribution in [0.3, 0.4) is 0 Å². The van der Waals surface area contributed by atoms with Gasteiger partial charge in [0.15, 0.2) is 5.82 Å². The van der Waals surface area contributed by atoms with Crippen molar-refractivity contribution >= 4 is 17.7 Å². The number of amides is 1. The first-order valence-electron chi connectivity index (χ1n) is 8.96. The molecule has 0 spiro atoms. The van der Waals surface area contributed by atoms with E-state index in [-0.39, 0.29) is 23.5 Å². The number of quaternary nitrogens is 1. The summed E-state index contributed by atoms with van der Waals surface area (Å²) in [6.45, 7) is 0.542. The quantitative estimate of drug-likeness (QED) is 0.503. The van der Waals surface area contributed by atoms with Crippen molar-refractivity contribution in [2.75, 3.05) is 26.4 Å². The van der Waals surface area contributed by atoms with Crippen molar-refractivity contribution in [3.05, 3.63) is 66.0 Å². The lowest BCUT2D eigenvalue weighted by Crippen LogP contribution is -3.07. The lowest BCUT2D eigenvalue weighted by Gasteiger charge is -2.22. The number of benzene rings is 2. The molecule has 0 saturated heterocycles. The average molecular weight is 401 g/mol. The highest BCUT2D eigenvalue weighted by atomic mass is 32.2. The number of hydrogen-bond acceptors (Lipinski definition) is 4. The fourth-order valence-electron chi connectivity index (χ4n) is 2.82. The number of likely N-dealkylation sites (N-methyl/N-ethyl adjacent to an activating group) is 1. The van der Waals surface area contributed by atoms with Gasteiger partial charge in [0.05, 0.1) is 32.0 Å². The number of H-pyrrole nitrogens is 1. The van der Waals surface area contributed by atoms with Gasteiger partial charge in [-0.15, -0.1) is 5.10 Å². The van der Waals surface area contributed by atoms with E-state index in [9.17, 15) is 9.18 Å². The third-order valence-electron chi connectivity index (χ3n) is 4.33. The normalized spacial score (nSPS) is 12.1. The van der Waals surface area contributed by atoms with Crippen molar-refractivity contribution < 1.29 is 14.1 Å². The van der Waals surface area contributed by atoms with Crippen molar-refractivity contribution in [3.63, 3.8) is 0 Å². The number of hydrogen-bond donors (Lipinski definition) is 3. The van der Waals surface area contributed by atoms with Crippen molar-refractivity contribution in [1.29, 1.82) is 0 Å². The van der Waals surface area contributed by atoms with Crippen molar-refractivity contribution in [1.82, 2.24) is 20.5 Å². The maximum absolute atomic E-state index is 13.8. The fraction of sp³-hybridized carbons (Fsp3) is 0.250. The molecule has 28 heavy (non-hydrogen) atoms. The minimum absolute atomic E-state index is 0.0931. The Morgan fingerprint density at radius 2 is 1.89 bits per heavy atom. The minimum Gasteiger partial charge on any atom is -0.349 e. The Balaban J connectivity index is 1.53. The van der Waals surface area contributed by atoms with Crippen LogP contribution in [0.25, 0.3) is 11.4 Å². The molecule has 1 aromatic heterocycles. The molecule has 2 aromatic carbocycles. The van der Waals surface area contributed by atoms with Crippen LogP contribution in [0.4, 0.5) is 4.39 Å². The van der Waals surface area contributed by atoms with Gasteiger partial charge in [-0.25, -0.2) is 9.37 Å². The summed E-state index contributed by atoms with van der Waals surface area (Å²) in [5.74, 6) is 0.0793. The van der Waals surface area contributed by atoms with Crippen LogP contribution in [-0.4, -0.2) is 47.5 Å². The summed E-state index contributed by atoms with van der Waals surface area (Å²) in [5.41, 5.74) is 1.53. The number of aromatic amines is 1. The average Bonchev–Trinajstić information content (AvgIpc) is 3.16. The van der Waals surface area contributed by atoms with E-state index in [0.29, 0.717) is 23.1 Å². The first-order chi connectivity index (χ1) is 13.5. The van der Waals surface area contributed by atoms with Gasteiger partial charge < -0.3 is 10.2 Å². The fourth-order valence-corrected chi connectivity index (χ4v) is 3.45. The van der Waals surface area contributed by atoms with Crippen LogP contribution in [0.2, 0.25) is 0 Å². The molecular formula is C20H23FN5OS+. The van der Waals surface area contributed by atoms with Crippen molar-refractivity contribution in [2.24, 2.45) is 0 Å². The highest BCUT2D eigenvalue weighted by Gasteiger charge is 2.18. The number of nitrogens with one attached hydrogen (secondary N) is 3. The largest absolute Gasteiger partial charge is 0.349 e. The van der Waals surface area contributed by atoms with Crippen LogP contribution in [0.15, 0.2) is 59.8 Å². The number of rotatable bonds is 8. The van der Waals surface area contributed by atoms with Crippen LogP contribution in [0.1, 0.15) is 11.6 Å². The van der Waals surface area contributed by atoms with Gasteiger partial charge in [0, 0.05) is 5.56 Å². The molecule has 0 unspecified atom stereocenters. The summed E-state index contributed by atoms with van der Waals surface area (Å²) < 4.78 is 13.8. The van der Waals surface area contributed by atoms with Gasteiger partial charge in [-0.3, -0.25) is 9.89 Å². The molecule has 3 N–H and O–H groups in total. The van der Waals surface area contributed by atoms with Gasteiger partial charge in [0.2, 0.25) is 11.1 Å². The second kappa shape index (κ2) is 9.48. The Bertz CT molecular complexity index is 916. The highest BCUT2D eigenvalue weighted by Crippen LogP contribution is 2.21. The standard InChI is InChI=1S/C20H22FN5OS/c1-26(2)17(14-8-4-3-5-9-14)12-22-18(27)13-28-20-23-19(24-25-20)15-10-6-7-11-16(15)21/h3-11,17H,12-13H2,1-2H3,(H,22,27)(H,23,24,25)/p+1/t17-/m1/s1. The summed E-state index contributed by atoms with van der Waals surface area (Å²) in [4.78, 5) is 17.7. The maximum Gasteiger partial charge on any atom is 0.230 e. The lowest BCUT2D eigenvalue weighted by molar-refractivity contribution is -0.890. The molecule has 8 heteroatoms. The summed E-state index contributed by atoms with van der Waals surface area (Å²) in [6.07, 6.45) is 0. The Morgan fingerprint density at radius 3 is 2.61 bits per heavy atom. The molecule has 1 atom stereocenters. The van der Waals surface area contributed by atoms with E-state index in [1.807, 2.05) is 18.2 Å². The molecule has 0 bridgehead atoms. The second-order valence-electron chi connectivity index (χ2n) is 6.58. The summed E-state index contributed by atoms with van der Waals surface area (Å²) in [6, 6.07) is 16.6. The molecule has 0 radical (unpaired) electrons. The molecule has 1 heterocycles. The van der Waals surface area contributed by atoms with Gasteiger partial charge >= 0.3 is 0 Å². The number of carbonyl (C=O) groups excluding carboxylic acids is 1. The molecule has 3 rings (SSSR count). The molecule has 1 amide bonds. The first kappa shape index (κ1) is 20.0. The zero-order valence-electron chi connectivity index (χ0n) is 15.8. The molecule has 0 saturated carbocycles. The molecule has 0 aliphatic rings.